The molecule has 0 spiro atoms. The molecule has 18 heavy (non-hydrogen) atoms. The van der Waals surface area contributed by atoms with Crippen molar-refractivity contribution in [3.05, 3.63) is 20.8 Å². The standard InChI is InChI=1S/C13H19BrN2OS/c14-11-5-6-18-12(11)8-16-7-9-1-3-10(4-2-9)13(15)17/h5-6,9-10,16H,1-4,7-8H2,(H2,15,17). The first-order chi connectivity index (χ1) is 8.66. The van der Waals surface area contributed by atoms with E-state index in [4.69, 9.17) is 5.73 Å². The van der Waals surface area contributed by atoms with Crippen LogP contribution >= 0.6 is 27.3 Å². The number of hydrogen-bond acceptors (Lipinski definition) is 3. The maximum absolute atomic E-state index is 11.1. The van der Waals surface area contributed by atoms with Crippen LogP contribution in [0.1, 0.15) is 30.6 Å². The zero-order valence-electron chi connectivity index (χ0n) is 10.3. The Morgan fingerprint density at radius 2 is 2.17 bits per heavy atom. The molecule has 3 N–H and O–H groups in total. The maximum Gasteiger partial charge on any atom is 0.220 e. The Morgan fingerprint density at radius 3 is 2.72 bits per heavy atom. The van der Waals surface area contributed by atoms with E-state index >= 15 is 0 Å². The highest BCUT2D eigenvalue weighted by molar-refractivity contribution is 9.10. The SMILES string of the molecule is NC(=O)C1CCC(CNCc2sccc2Br)CC1. The topological polar surface area (TPSA) is 55.1 Å². The third-order valence-electron chi connectivity index (χ3n) is 3.66. The quantitative estimate of drug-likeness (QED) is 0.872. The fourth-order valence-corrected chi connectivity index (χ4v) is 3.95. The number of rotatable bonds is 5. The van der Waals surface area contributed by atoms with Crippen LogP contribution in [0.5, 0.6) is 0 Å². The Kier molecular flexibility index (Phi) is 5.21. The smallest absolute Gasteiger partial charge is 0.220 e. The van der Waals surface area contributed by atoms with Crippen LogP contribution in [0.15, 0.2) is 15.9 Å². The van der Waals surface area contributed by atoms with Crippen molar-refractivity contribution >= 4 is 33.2 Å². The Morgan fingerprint density at radius 1 is 1.44 bits per heavy atom. The van der Waals surface area contributed by atoms with E-state index in [1.807, 2.05) is 0 Å². The molecule has 0 aliphatic heterocycles. The minimum Gasteiger partial charge on any atom is -0.369 e. The second-order valence-corrected chi connectivity index (χ2v) is 6.80. The van der Waals surface area contributed by atoms with Gasteiger partial charge in [0.2, 0.25) is 5.91 Å². The molecule has 1 aromatic rings. The van der Waals surface area contributed by atoms with Gasteiger partial charge in [-0.05, 0) is 65.5 Å². The van der Waals surface area contributed by atoms with Crippen molar-refractivity contribution < 1.29 is 4.79 Å². The van der Waals surface area contributed by atoms with Gasteiger partial charge in [0.05, 0.1) is 0 Å². The molecule has 1 aromatic heterocycles. The first kappa shape index (κ1) is 14.0. The van der Waals surface area contributed by atoms with E-state index in [2.05, 4.69) is 32.7 Å². The van der Waals surface area contributed by atoms with E-state index in [1.165, 1.54) is 9.35 Å². The maximum atomic E-state index is 11.1. The van der Waals surface area contributed by atoms with Crippen LogP contribution in [-0.4, -0.2) is 12.5 Å². The number of carbonyl (C=O) groups excluding carboxylic acids is 1. The molecule has 100 valence electrons. The summed E-state index contributed by atoms with van der Waals surface area (Å²) in [6.07, 6.45) is 4.16. The molecule has 1 saturated carbocycles. The molecule has 5 heteroatoms. The molecule has 3 nitrogen and oxygen atoms in total. The van der Waals surface area contributed by atoms with E-state index < -0.39 is 0 Å². The summed E-state index contributed by atoms with van der Waals surface area (Å²) < 4.78 is 1.19. The lowest BCUT2D eigenvalue weighted by Crippen LogP contribution is -2.31. The summed E-state index contributed by atoms with van der Waals surface area (Å²) in [4.78, 5) is 12.4. The zero-order valence-corrected chi connectivity index (χ0v) is 12.7. The number of primary amides is 1. The molecular weight excluding hydrogens is 312 g/mol. The number of thiophene rings is 1. The Balaban J connectivity index is 1.67. The van der Waals surface area contributed by atoms with Crippen molar-refractivity contribution in [1.82, 2.24) is 5.32 Å². The third kappa shape index (κ3) is 3.80. The van der Waals surface area contributed by atoms with Gasteiger partial charge in [0, 0.05) is 21.8 Å². The van der Waals surface area contributed by atoms with Crippen LogP contribution in [0, 0.1) is 11.8 Å². The molecule has 2 rings (SSSR count). The van der Waals surface area contributed by atoms with E-state index in [-0.39, 0.29) is 11.8 Å². The lowest BCUT2D eigenvalue weighted by Gasteiger charge is -2.26. The summed E-state index contributed by atoms with van der Waals surface area (Å²) in [5.41, 5.74) is 5.34. The van der Waals surface area contributed by atoms with Crippen LogP contribution < -0.4 is 11.1 Å². The van der Waals surface area contributed by atoms with Crippen molar-refractivity contribution in [3.63, 3.8) is 0 Å². The van der Waals surface area contributed by atoms with Gasteiger partial charge in [-0.1, -0.05) is 0 Å². The van der Waals surface area contributed by atoms with Gasteiger partial charge in [-0.15, -0.1) is 11.3 Å². The third-order valence-corrected chi connectivity index (χ3v) is 5.59. The summed E-state index contributed by atoms with van der Waals surface area (Å²) in [5, 5.41) is 5.60. The Labute approximate surface area is 120 Å². The molecule has 0 saturated heterocycles. The normalized spacial score (nSPS) is 24.1. The fraction of sp³-hybridized carbons (Fsp3) is 0.615. The number of amides is 1. The van der Waals surface area contributed by atoms with Crippen LogP contribution in [0.3, 0.4) is 0 Å². The van der Waals surface area contributed by atoms with Gasteiger partial charge in [-0.2, -0.15) is 0 Å². The second-order valence-electron chi connectivity index (χ2n) is 4.94. The predicted octanol–water partition coefficient (Wildman–Crippen LogP) is 2.89. The van der Waals surface area contributed by atoms with Gasteiger partial charge < -0.3 is 11.1 Å². The highest BCUT2D eigenvalue weighted by Crippen LogP contribution is 2.28. The molecule has 0 radical (unpaired) electrons. The molecule has 1 amide bonds. The largest absolute Gasteiger partial charge is 0.369 e. The van der Waals surface area contributed by atoms with Crippen molar-refractivity contribution in [3.8, 4) is 0 Å². The van der Waals surface area contributed by atoms with Crippen LogP contribution in [0.25, 0.3) is 0 Å². The molecule has 0 atom stereocenters. The summed E-state index contributed by atoms with van der Waals surface area (Å²) >= 11 is 5.31. The second kappa shape index (κ2) is 6.68. The average molecular weight is 331 g/mol. The first-order valence-electron chi connectivity index (χ1n) is 6.38. The van der Waals surface area contributed by atoms with Crippen LogP contribution in [0.4, 0.5) is 0 Å². The number of nitrogens with two attached hydrogens (primary N) is 1. The summed E-state index contributed by atoms with van der Waals surface area (Å²) in [6.45, 7) is 1.96. The van der Waals surface area contributed by atoms with Gasteiger partial charge in [-0.3, -0.25) is 4.79 Å². The van der Waals surface area contributed by atoms with Gasteiger partial charge in [0.15, 0.2) is 0 Å². The highest BCUT2D eigenvalue weighted by Gasteiger charge is 2.24. The lowest BCUT2D eigenvalue weighted by atomic mass is 9.81. The lowest BCUT2D eigenvalue weighted by molar-refractivity contribution is -0.122. The van der Waals surface area contributed by atoms with Crippen LogP contribution in [0.2, 0.25) is 0 Å². The minimum absolute atomic E-state index is 0.118. The van der Waals surface area contributed by atoms with Crippen molar-refractivity contribution in [1.29, 1.82) is 0 Å². The van der Waals surface area contributed by atoms with Crippen molar-refractivity contribution in [2.45, 2.75) is 32.2 Å². The van der Waals surface area contributed by atoms with E-state index in [9.17, 15) is 4.79 Å². The monoisotopic (exact) mass is 330 g/mol. The molecule has 1 heterocycles. The summed E-state index contributed by atoms with van der Waals surface area (Å²) in [7, 11) is 0. The van der Waals surface area contributed by atoms with E-state index in [1.54, 1.807) is 11.3 Å². The molecular formula is C13H19BrN2OS. The van der Waals surface area contributed by atoms with Gasteiger partial charge in [0.25, 0.3) is 0 Å². The van der Waals surface area contributed by atoms with E-state index in [0.29, 0.717) is 5.92 Å². The van der Waals surface area contributed by atoms with Gasteiger partial charge in [-0.25, -0.2) is 0 Å². The predicted molar refractivity (Wildman–Crippen MR) is 78.4 cm³/mol. The summed E-state index contributed by atoms with van der Waals surface area (Å²) in [6, 6.07) is 2.08. The zero-order chi connectivity index (χ0) is 13.0. The molecule has 0 bridgehead atoms. The van der Waals surface area contributed by atoms with E-state index in [0.717, 1.165) is 38.8 Å². The Bertz CT molecular complexity index is 399. The van der Waals surface area contributed by atoms with Gasteiger partial charge >= 0.3 is 0 Å². The first-order valence-corrected chi connectivity index (χ1v) is 8.06. The minimum atomic E-state index is -0.121. The van der Waals surface area contributed by atoms with Crippen molar-refractivity contribution in [2.24, 2.45) is 17.6 Å². The number of hydrogen-bond donors (Lipinski definition) is 2. The molecule has 1 aliphatic rings. The number of halogens is 1. The summed E-state index contributed by atoms with van der Waals surface area (Å²) in [5.74, 6) is 0.691. The molecule has 1 aliphatic carbocycles. The Hall–Kier alpha value is -0.390. The number of nitrogens with one attached hydrogen (secondary N) is 1. The van der Waals surface area contributed by atoms with Gasteiger partial charge in [0.1, 0.15) is 0 Å². The number of carbonyl (C=O) groups is 1. The molecule has 0 aromatic carbocycles. The van der Waals surface area contributed by atoms with Crippen molar-refractivity contribution in [2.75, 3.05) is 6.54 Å². The fourth-order valence-electron chi connectivity index (χ4n) is 2.49. The average Bonchev–Trinajstić information content (AvgIpc) is 2.76. The van der Waals surface area contributed by atoms with Crippen LogP contribution in [-0.2, 0) is 11.3 Å². The molecule has 1 fully saturated rings. The molecule has 0 unspecified atom stereocenters. The highest BCUT2D eigenvalue weighted by atomic mass is 79.9.